The van der Waals surface area contributed by atoms with Crippen LogP contribution >= 0.6 is 0 Å². The summed E-state index contributed by atoms with van der Waals surface area (Å²) in [5.41, 5.74) is 4.11. The molecule has 0 aliphatic heterocycles. The Morgan fingerprint density at radius 3 is 2.35 bits per heavy atom. The third-order valence-electron chi connectivity index (χ3n) is 2.84. The van der Waals surface area contributed by atoms with Gasteiger partial charge in [0.25, 0.3) is 0 Å². The van der Waals surface area contributed by atoms with Crippen molar-refractivity contribution in [3.63, 3.8) is 0 Å². The molecule has 1 heterocycles. The van der Waals surface area contributed by atoms with Crippen LogP contribution in [0.15, 0.2) is 24.3 Å². The van der Waals surface area contributed by atoms with Gasteiger partial charge in [-0.1, -0.05) is 18.2 Å². The first-order valence-corrected chi connectivity index (χ1v) is 5.34. The number of rotatable bonds is 2. The predicted molar refractivity (Wildman–Crippen MR) is 65.1 cm³/mol. The predicted octanol–water partition coefficient (Wildman–Crippen LogP) is 2.40. The number of hydrogen-bond acceptors (Lipinski definition) is 2. The van der Waals surface area contributed by atoms with Crippen molar-refractivity contribution < 1.29 is 9.90 Å². The molecule has 0 fully saturated rings. The number of carboxylic acids is 1. The van der Waals surface area contributed by atoms with Crippen LogP contribution in [0, 0.1) is 13.8 Å². The van der Waals surface area contributed by atoms with E-state index in [1.165, 1.54) is 4.68 Å². The van der Waals surface area contributed by atoms with Crippen molar-refractivity contribution >= 4 is 5.97 Å². The van der Waals surface area contributed by atoms with Gasteiger partial charge in [-0.3, -0.25) is 4.68 Å². The summed E-state index contributed by atoms with van der Waals surface area (Å²) < 4.78 is 1.39. The normalized spacial score (nSPS) is 10.5. The number of carboxylic acid groups (broad SMARTS) is 1. The Balaban J connectivity index is 2.62. The van der Waals surface area contributed by atoms with Crippen LogP contribution in [0.4, 0.5) is 0 Å². The van der Waals surface area contributed by atoms with Crippen molar-refractivity contribution in [2.75, 3.05) is 0 Å². The lowest BCUT2D eigenvalue weighted by atomic mass is 10.0. The Morgan fingerprint density at radius 2 is 1.88 bits per heavy atom. The summed E-state index contributed by atoms with van der Waals surface area (Å²) in [6.45, 7) is 3.99. The second-order valence-corrected chi connectivity index (χ2v) is 4.11. The number of aromatic carboxylic acids is 1. The molecule has 4 nitrogen and oxygen atoms in total. The topological polar surface area (TPSA) is 55.1 Å². The van der Waals surface area contributed by atoms with Gasteiger partial charge in [0.15, 0.2) is 0 Å². The molecule has 1 aromatic carbocycles. The fourth-order valence-electron chi connectivity index (χ4n) is 2.01. The summed E-state index contributed by atoms with van der Waals surface area (Å²) >= 11 is 0. The molecule has 0 spiro atoms. The molecule has 1 N–H and O–H groups in total. The second-order valence-electron chi connectivity index (χ2n) is 4.11. The summed E-state index contributed by atoms with van der Waals surface area (Å²) in [4.78, 5) is 11.0. The monoisotopic (exact) mass is 230 g/mol. The minimum atomic E-state index is -0.961. The van der Waals surface area contributed by atoms with Crippen LogP contribution in [0.3, 0.4) is 0 Å². The zero-order chi connectivity index (χ0) is 12.6. The molecule has 0 saturated heterocycles. The fraction of sp³-hybridized carbons (Fsp3) is 0.231. The first-order chi connectivity index (χ1) is 8.00. The maximum absolute atomic E-state index is 11.0. The zero-order valence-electron chi connectivity index (χ0n) is 10.1. The standard InChI is InChI=1S/C13H14N2O2/c1-8-5-4-6-9(2)12(8)10-7-11(13(16)17)15(3)14-10/h4-7H,1-3H3,(H,16,17). The van der Waals surface area contributed by atoms with E-state index in [2.05, 4.69) is 5.10 Å². The van der Waals surface area contributed by atoms with Gasteiger partial charge in [-0.15, -0.1) is 0 Å². The van der Waals surface area contributed by atoms with Gasteiger partial charge in [0.2, 0.25) is 0 Å². The molecule has 0 saturated carbocycles. The SMILES string of the molecule is Cc1cccc(C)c1-c1cc(C(=O)O)n(C)n1. The number of aryl methyl sites for hydroxylation is 3. The lowest BCUT2D eigenvalue weighted by Crippen LogP contribution is -2.04. The van der Waals surface area contributed by atoms with Crippen molar-refractivity contribution in [2.45, 2.75) is 13.8 Å². The number of hydrogen-bond donors (Lipinski definition) is 1. The van der Waals surface area contributed by atoms with E-state index >= 15 is 0 Å². The molecule has 0 radical (unpaired) electrons. The molecule has 88 valence electrons. The van der Waals surface area contributed by atoms with Crippen LogP contribution in [-0.2, 0) is 7.05 Å². The largest absolute Gasteiger partial charge is 0.477 e. The minimum Gasteiger partial charge on any atom is -0.477 e. The Bertz CT molecular complexity index is 565. The van der Waals surface area contributed by atoms with Gasteiger partial charge >= 0.3 is 5.97 Å². The van der Waals surface area contributed by atoms with Crippen LogP contribution in [0.5, 0.6) is 0 Å². The average Bonchev–Trinajstić information content (AvgIpc) is 2.60. The maximum atomic E-state index is 11.0. The van der Waals surface area contributed by atoms with Crippen molar-refractivity contribution in [1.82, 2.24) is 9.78 Å². The smallest absolute Gasteiger partial charge is 0.354 e. The molecular formula is C13H14N2O2. The van der Waals surface area contributed by atoms with Crippen molar-refractivity contribution in [3.8, 4) is 11.3 Å². The third-order valence-corrected chi connectivity index (χ3v) is 2.84. The van der Waals surface area contributed by atoms with Crippen LogP contribution in [0.25, 0.3) is 11.3 Å². The van der Waals surface area contributed by atoms with Gasteiger partial charge in [-0.2, -0.15) is 5.10 Å². The highest BCUT2D eigenvalue weighted by Crippen LogP contribution is 2.26. The molecule has 0 atom stereocenters. The summed E-state index contributed by atoms with van der Waals surface area (Å²) in [6.07, 6.45) is 0. The Morgan fingerprint density at radius 1 is 1.29 bits per heavy atom. The average molecular weight is 230 g/mol. The Labute approximate surface area is 99.5 Å². The van der Waals surface area contributed by atoms with Crippen LogP contribution < -0.4 is 0 Å². The number of benzene rings is 1. The second kappa shape index (κ2) is 4.05. The fourth-order valence-corrected chi connectivity index (χ4v) is 2.01. The molecule has 0 aliphatic carbocycles. The Kier molecular flexibility index (Phi) is 2.71. The molecule has 17 heavy (non-hydrogen) atoms. The van der Waals surface area contributed by atoms with E-state index in [9.17, 15) is 4.79 Å². The zero-order valence-corrected chi connectivity index (χ0v) is 10.1. The molecule has 2 rings (SSSR count). The molecule has 2 aromatic rings. The van der Waals surface area contributed by atoms with Crippen LogP contribution in [0.1, 0.15) is 21.6 Å². The number of aromatic nitrogens is 2. The minimum absolute atomic E-state index is 0.197. The van der Waals surface area contributed by atoms with E-state index < -0.39 is 5.97 Å². The molecular weight excluding hydrogens is 216 g/mol. The molecule has 0 bridgehead atoms. The van der Waals surface area contributed by atoms with E-state index in [0.717, 1.165) is 16.7 Å². The van der Waals surface area contributed by atoms with E-state index in [1.807, 2.05) is 32.0 Å². The highest BCUT2D eigenvalue weighted by atomic mass is 16.4. The van der Waals surface area contributed by atoms with Crippen LogP contribution in [0.2, 0.25) is 0 Å². The highest BCUT2D eigenvalue weighted by Gasteiger charge is 2.15. The first-order valence-electron chi connectivity index (χ1n) is 5.34. The van der Waals surface area contributed by atoms with E-state index in [0.29, 0.717) is 5.69 Å². The molecule has 0 amide bonds. The summed E-state index contributed by atoms with van der Waals surface area (Å²) in [5.74, 6) is -0.961. The van der Waals surface area contributed by atoms with Crippen LogP contribution in [-0.4, -0.2) is 20.9 Å². The quantitative estimate of drug-likeness (QED) is 0.861. The molecule has 1 aromatic heterocycles. The van der Waals surface area contributed by atoms with Crippen molar-refractivity contribution in [3.05, 3.63) is 41.1 Å². The van der Waals surface area contributed by atoms with Gasteiger partial charge < -0.3 is 5.11 Å². The lowest BCUT2D eigenvalue weighted by Gasteiger charge is -2.05. The molecule has 0 aliphatic rings. The van der Waals surface area contributed by atoms with Gasteiger partial charge in [0.1, 0.15) is 5.69 Å². The molecule has 0 unspecified atom stereocenters. The third kappa shape index (κ3) is 1.93. The highest BCUT2D eigenvalue weighted by molar-refractivity contribution is 5.87. The van der Waals surface area contributed by atoms with E-state index in [1.54, 1.807) is 13.1 Å². The van der Waals surface area contributed by atoms with E-state index in [4.69, 9.17) is 5.11 Å². The summed E-state index contributed by atoms with van der Waals surface area (Å²) in [6, 6.07) is 7.59. The van der Waals surface area contributed by atoms with E-state index in [-0.39, 0.29) is 5.69 Å². The van der Waals surface area contributed by atoms with Gasteiger partial charge in [-0.05, 0) is 31.0 Å². The number of nitrogens with zero attached hydrogens (tertiary/aromatic N) is 2. The van der Waals surface area contributed by atoms with Crippen molar-refractivity contribution in [2.24, 2.45) is 7.05 Å². The Hall–Kier alpha value is -2.10. The first kappa shape index (κ1) is 11.4. The summed E-state index contributed by atoms with van der Waals surface area (Å²) in [7, 11) is 1.64. The molecule has 4 heteroatoms. The van der Waals surface area contributed by atoms with Gasteiger partial charge in [0.05, 0.1) is 5.69 Å². The lowest BCUT2D eigenvalue weighted by molar-refractivity contribution is 0.0685. The van der Waals surface area contributed by atoms with Gasteiger partial charge in [0, 0.05) is 12.6 Å². The maximum Gasteiger partial charge on any atom is 0.354 e. The summed E-state index contributed by atoms with van der Waals surface area (Å²) in [5, 5.41) is 13.3. The number of carbonyl (C=O) groups is 1. The van der Waals surface area contributed by atoms with Crippen molar-refractivity contribution in [1.29, 1.82) is 0 Å². The van der Waals surface area contributed by atoms with Gasteiger partial charge in [-0.25, -0.2) is 4.79 Å².